The lowest BCUT2D eigenvalue weighted by Crippen LogP contribution is -2.45. The van der Waals surface area contributed by atoms with Crippen molar-refractivity contribution >= 4 is 15.9 Å². The molecule has 1 atom stereocenters. The molecule has 1 amide bonds. The van der Waals surface area contributed by atoms with Crippen molar-refractivity contribution in [2.75, 3.05) is 26.7 Å². The molecule has 2 aliphatic rings. The molecule has 0 unspecified atom stereocenters. The van der Waals surface area contributed by atoms with Gasteiger partial charge in [0.05, 0.1) is 18.0 Å². The van der Waals surface area contributed by atoms with E-state index in [0.29, 0.717) is 30.8 Å². The molecule has 0 aromatic heterocycles. The molecular formula is C27H36N2O4S. The van der Waals surface area contributed by atoms with Crippen molar-refractivity contribution in [1.82, 2.24) is 9.21 Å². The number of carbonyl (C=O) groups is 1. The topological polar surface area (TPSA) is 66.9 Å². The quantitative estimate of drug-likeness (QED) is 0.608. The Balaban J connectivity index is 1.46. The van der Waals surface area contributed by atoms with Crippen LogP contribution in [0.3, 0.4) is 0 Å². The largest absolute Gasteiger partial charge is 0.497 e. The van der Waals surface area contributed by atoms with Gasteiger partial charge in [-0.25, -0.2) is 8.42 Å². The number of hydrogen-bond acceptors (Lipinski definition) is 4. The van der Waals surface area contributed by atoms with Gasteiger partial charge < -0.3 is 9.64 Å². The highest BCUT2D eigenvalue weighted by Gasteiger charge is 2.36. The second kappa shape index (κ2) is 10.5. The fourth-order valence-electron chi connectivity index (χ4n) is 5.15. The van der Waals surface area contributed by atoms with Crippen LogP contribution >= 0.6 is 0 Å². The standard InChI is InChI=1S/C27H36N2O4S/c1-20-8-13-25(19-21(20)2)34(31,32)28-17-14-23(15-18-28)27(30)29-16-6-4-5-7-26(29)22-9-11-24(33-3)12-10-22/h8-13,19,23,26H,4-7,14-18H2,1-3H3/t26-/m0/s1. The van der Waals surface area contributed by atoms with Crippen LogP contribution < -0.4 is 4.74 Å². The molecule has 34 heavy (non-hydrogen) atoms. The number of piperidine rings is 1. The third kappa shape index (κ3) is 5.15. The minimum atomic E-state index is -3.54. The van der Waals surface area contributed by atoms with Crippen LogP contribution in [0.4, 0.5) is 0 Å². The van der Waals surface area contributed by atoms with Crippen molar-refractivity contribution in [3.63, 3.8) is 0 Å². The molecule has 6 nitrogen and oxygen atoms in total. The van der Waals surface area contributed by atoms with Gasteiger partial charge in [0.1, 0.15) is 5.75 Å². The van der Waals surface area contributed by atoms with Crippen LogP contribution in [-0.2, 0) is 14.8 Å². The molecule has 0 saturated carbocycles. The normalized spacial score (nSPS) is 20.7. The summed E-state index contributed by atoms with van der Waals surface area (Å²) in [5.41, 5.74) is 3.19. The predicted molar refractivity (Wildman–Crippen MR) is 133 cm³/mol. The zero-order chi connectivity index (χ0) is 24.3. The van der Waals surface area contributed by atoms with E-state index in [9.17, 15) is 13.2 Å². The van der Waals surface area contributed by atoms with Crippen molar-refractivity contribution in [2.24, 2.45) is 5.92 Å². The van der Waals surface area contributed by atoms with E-state index in [2.05, 4.69) is 17.0 Å². The number of likely N-dealkylation sites (tertiary alicyclic amines) is 1. The van der Waals surface area contributed by atoms with Crippen molar-refractivity contribution in [2.45, 2.75) is 63.3 Å². The summed E-state index contributed by atoms with van der Waals surface area (Å²) in [6.45, 7) is 5.43. The summed E-state index contributed by atoms with van der Waals surface area (Å²) in [5, 5.41) is 0. The van der Waals surface area contributed by atoms with Crippen LogP contribution in [0.5, 0.6) is 5.75 Å². The first kappa shape index (κ1) is 24.7. The van der Waals surface area contributed by atoms with Gasteiger partial charge in [0, 0.05) is 25.6 Å². The summed E-state index contributed by atoms with van der Waals surface area (Å²) in [7, 11) is -1.89. The van der Waals surface area contributed by atoms with Crippen LogP contribution in [0.25, 0.3) is 0 Å². The van der Waals surface area contributed by atoms with Crippen LogP contribution in [0.2, 0.25) is 0 Å². The average molecular weight is 485 g/mol. The number of benzene rings is 2. The molecule has 2 fully saturated rings. The highest BCUT2D eigenvalue weighted by molar-refractivity contribution is 7.89. The van der Waals surface area contributed by atoms with Gasteiger partial charge in [-0.15, -0.1) is 0 Å². The summed E-state index contributed by atoms with van der Waals surface area (Å²) >= 11 is 0. The summed E-state index contributed by atoms with van der Waals surface area (Å²) in [6.07, 6.45) is 5.33. The number of amides is 1. The van der Waals surface area contributed by atoms with Gasteiger partial charge in [-0.3, -0.25) is 4.79 Å². The smallest absolute Gasteiger partial charge is 0.243 e. The Morgan fingerprint density at radius 3 is 2.24 bits per heavy atom. The molecule has 7 heteroatoms. The van der Waals surface area contributed by atoms with E-state index >= 15 is 0 Å². The maximum atomic E-state index is 13.7. The molecule has 2 heterocycles. The second-order valence-corrected chi connectivity index (χ2v) is 11.5. The van der Waals surface area contributed by atoms with E-state index in [1.807, 2.05) is 32.0 Å². The molecule has 0 radical (unpaired) electrons. The zero-order valence-corrected chi connectivity index (χ0v) is 21.3. The maximum absolute atomic E-state index is 13.7. The van der Waals surface area contributed by atoms with Gasteiger partial charge in [0.15, 0.2) is 0 Å². The van der Waals surface area contributed by atoms with Gasteiger partial charge in [-0.2, -0.15) is 4.31 Å². The number of rotatable bonds is 5. The maximum Gasteiger partial charge on any atom is 0.243 e. The number of sulfonamides is 1. The minimum absolute atomic E-state index is 0.0678. The average Bonchev–Trinajstić information content (AvgIpc) is 3.11. The Bertz CT molecular complexity index is 1110. The van der Waals surface area contributed by atoms with Crippen molar-refractivity contribution in [3.05, 3.63) is 59.2 Å². The molecule has 0 bridgehead atoms. The Labute approximate surface area is 204 Å². The van der Waals surface area contributed by atoms with E-state index in [1.54, 1.807) is 23.5 Å². The van der Waals surface area contributed by atoms with Gasteiger partial charge in [0.25, 0.3) is 0 Å². The third-order valence-electron chi connectivity index (χ3n) is 7.46. The van der Waals surface area contributed by atoms with Crippen molar-refractivity contribution in [1.29, 1.82) is 0 Å². The van der Waals surface area contributed by atoms with Crippen LogP contribution in [0.15, 0.2) is 47.4 Å². The lowest BCUT2D eigenvalue weighted by molar-refractivity contribution is -0.139. The van der Waals surface area contributed by atoms with Crippen molar-refractivity contribution in [3.8, 4) is 5.75 Å². The number of nitrogens with zero attached hydrogens (tertiary/aromatic N) is 2. The van der Waals surface area contributed by atoms with E-state index in [4.69, 9.17) is 4.74 Å². The molecule has 4 rings (SSSR count). The second-order valence-electron chi connectivity index (χ2n) is 9.59. The summed E-state index contributed by atoms with van der Waals surface area (Å²) in [5.74, 6) is 0.851. The van der Waals surface area contributed by atoms with E-state index in [1.165, 1.54) is 0 Å². The van der Waals surface area contributed by atoms with E-state index < -0.39 is 10.0 Å². The molecule has 2 saturated heterocycles. The van der Waals surface area contributed by atoms with Crippen molar-refractivity contribution < 1.29 is 17.9 Å². The fraction of sp³-hybridized carbons (Fsp3) is 0.519. The SMILES string of the molecule is COc1ccc([C@@H]2CCCCCN2C(=O)C2CCN(S(=O)(=O)c3ccc(C)c(C)c3)CC2)cc1. The highest BCUT2D eigenvalue weighted by atomic mass is 32.2. The third-order valence-corrected chi connectivity index (χ3v) is 9.35. The molecule has 2 aliphatic heterocycles. The number of ether oxygens (including phenoxy) is 1. The summed E-state index contributed by atoms with van der Waals surface area (Å²) in [6, 6.07) is 13.4. The van der Waals surface area contributed by atoms with Gasteiger partial charge in [-0.05, 0) is 80.5 Å². The minimum Gasteiger partial charge on any atom is -0.497 e. The van der Waals surface area contributed by atoms with Crippen LogP contribution in [-0.4, -0.2) is 50.3 Å². The summed E-state index contributed by atoms with van der Waals surface area (Å²) in [4.78, 5) is 16.1. The molecular weight excluding hydrogens is 448 g/mol. The first-order chi connectivity index (χ1) is 16.3. The molecule has 0 spiro atoms. The van der Waals surface area contributed by atoms with E-state index in [-0.39, 0.29) is 17.9 Å². The number of carbonyl (C=O) groups excluding carboxylic acids is 1. The fourth-order valence-corrected chi connectivity index (χ4v) is 6.70. The summed E-state index contributed by atoms with van der Waals surface area (Å²) < 4.78 is 33.2. The Kier molecular flexibility index (Phi) is 7.63. The van der Waals surface area contributed by atoms with Gasteiger partial charge in [-0.1, -0.05) is 31.0 Å². The predicted octanol–water partition coefficient (Wildman–Crippen LogP) is 4.86. The molecule has 2 aromatic carbocycles. The first-order valence-electron chi connectivity index (χ1n) is 12.3. The lowest BCUT2D eigenvalue weighted by atomic mass is 9.94. The van der Waals surface area contributed by atoms with Crippen LogP contribution in [0.1, 0.15) is 61.3 Å². The monoisotopic (exact) mass is 484 g/mol. The molecule has 2 aromatic rings. The van der Waals surface area contributed by atoms with Gasteiger partial charge >= 0.3 is 0 Å². The Morgan fingerprint density at radius 1 is 0.882 bits per heavy atom. The van der Waals surface area contributed by atoms with E-state index in [0.717, 1.165) is 54.7 Å². The number of hydrogen-bond donors (Lipinski definition) is 0. The Hall–Kier alpha value is -2.38. The molecule has 184 valence electrons. The number of aryl methyl sites for hydroxylation is 2. The lowest BCUT2D eigenvalue weighted by Gasteiger charge is -2.37. The Morgan fingerprint density at radius 2 is 1.59 bits per heavy atom. The van der Waals surface area contributed by atoms with Crippen LogP contribution in [0, 0.1) is 19.8 Å². The first-order valence-corrected chi connectivity index (χ1v) is 13.8. The number of methoxy groups -OCH3 is 1. The molecule has 0 N–H and O–H groups in total. The zero-order valence-electron chi connectivity index (χ0n) is 20.5. The molecule has 0 aliphatic carbocycles. The van der Waals surface area contributed by atoms with Gasteiger partial charge in [0.2, 0.25) is 15.9 Å². The highest BCUT2D eigenvalue weighted by Crippen LogP contribution is 2.34.